The average molecular weight is 270 g/mol. The van der Waals surface area contributed by atoms with Gasteiger partial charge in [0.25, 0.3) is 0 Å². The fraction of sp³-hybridized carbons (Fsp3) is 0.667. The zero-order valence-corrected chi connectivity index (χ0v) is 11.5. The third kappa shape index (κ3) is 2.87. The summed E-state index contributed by atoms with van der Waals surface area (Å²) in [6.07, 6.45) is 3.88. The monoisotopic (exact) mass is 270 g/mol. The summed E-state index contributed by atoms with van der Waals surface area (Å²) >= 11 is 1.28. The van der Waals surface area contributed by atoms with Crippen molar-refractivity contribution in [3.8, 4) is 0 Å². The van der Waals surface area contributed by atoms with Gasteiger partial charge in [0.15, 0.2) is 5.16 Å². The zero-order valence-electron chi connectivity index (χ0n) is 10.7. The fourth-order valence-corrected chi connectivity index (χ4v) is 3.02. The van der Waals surface area contributed by atoms with Crippen LogP contribution in [0.3, 0.4) is 0 Å². The number of aryl methyl sites for hydroxylation is 1. The molecule has 0 unspecified atom stereocenters. The van der Waals surface area contributed by atoms with Crippen molar-refractivity contribution in [1.82, 2.24) is 9.55 Å². The van der Waals surface area contributed by atoms with Gasteiger partial charge in [-0.15, -0.1) is 0 Å². The molecule has 1 aromatic rings. The number of nitrogens with zero attached hydrogens (tertiary/aromatic N) is 2. The number of carboxylic acids is 1. The summed E-state index contributed by atoms with van der Waals surface area (Å²) in [7, 11) is 0. The van der Waals surface area contributed by atoms with Gasteiger partial charge in [-0.25, -0.2) is 4.98 Å². The quantitative estimate of drug-likeness (QED) is 0.846. The summed E-state index contributed by atoms with van der Waals surface area (Å²) in [6.45, 7) is 5.61. The Morgan fingerprint density at radius 2 is 2.28 bits per heavy atom. The number of ether oxygens (including phenoxy) is 1. The topological polar surface area (TPSA) is 64.3 Å². The summed E-state index contributed by atoms with van der Waals surface area (Å²) in [6, 6.07) is 0. The predicted octanol–water partition coefficient (Wildman–Crippen LogP) is 1.89. The number of hydrogen-bond acceptors (Lipinski definition) is 4. The smallest absolute Gasteiger partial charge is 0.313 e. The molecule has 1 aliphatic rings. The Morgan fingerprint density at radius 3 is 2.89 bits per heavy atom. The van der Waals surface area contributed by atoms with Crippen molar-refractivity contribution in [3.63, 3.8) is 0 Å². The molecular formula is C12H18N2O3S. The lowest BCUT2D eigenvalue weighted by Crippen LogP contribution is -2.36. The first kappa shape index (κ1) is 13.4. The Balaban J connectivity index is 2.22. The molecule has 1 saturated heterocycles. The lowest BCUT2D eigenvalue weighted by Gasteiger charge is -2.35. The molecule has 1 fully saturated rings. The van der Waals surface area contributed by atoms with Crippen LogP contribution in [0.15, 0.2) is 11.4 Å². The van der Waals surface area contributed by atoms with Crippen molar-refractivity contribution in [2.24, 2.45) is 0 Å². The van der Waals surface area contributed by atoms with Crippen LogP contribution in [0.4, 0.5) is 0 Å². The molecule has 18 heavy (non-hydrogen) atoms. The van der Waals surface area contributed by atoms with E-state index in [9.17, 15) is 4.79 Å². The average Bonchev–Trinajstić information content (AvgIpc) is 2.70. The molecule has 0 spiro atoms. The zero-order chi connectivity index (χ0) is 13.2. The molecule has 2 rings (SSSR count). The number of rotatable bonds is 4. The molecule has 5 nitrogen and oxygen atoms in total. The largest absolute Gasteiger partial charge is 0.481 e. The van der Waals surface area contributed by atoms with Crippen LogP contribution in [0.1, 0.15) is 25.5 Å². The number of imidazole rings is 1. The number of hydrogen-bond donors (Lipinski definition) is 1. The highest BCUT2D eigenvalue weighted by Crippen LogP contribution is 2.33. The maximum Gasteiger partial charge on any atom is 0.313 e. The van der Waals surface area contributed by atoms with Crippen molar-refractivity contribution in [2.45, 2.75) is 37.4 Å². The van der Waals surface area contributed by atoms with Gasteiger partial charge in [0.05, 0.1) is 11.4 Å². The summed E-state index contributed by atoms with van der Waals surface area (Å²) in [5, 5.41) is 9.56. The lowest BCUT2D eigenvalue weighted by molar-refractivity contribution is -0.133. The molecule has 0 saturated carbocycles. The molecule has 1 aliphatic heterocycles. The van der Waals surface area contributed by atoms with Crippen molar-refractivity contribution in [3.05, 3.63) is 11.9 Å². The number of carbonyl (C=O) groups is 1. The SMILES string of the molecule is Cc1cn(C2(C)CCOCC2)c(SCC(=O)O)n1. The lowest BCUT2D eigenvalue weighted by atomic mass is 9.92. The maximum absolute atomic E-state index is 10.7. The van der Waals surface area contributed by atoms with E-state index in [2.05, 4.69) is 16.5 Å². The number of carboxylic acid groups (broad SMARTS) is 1. The Hall–Kier alpha value is -1.01. The first-order chi connectivity index (χ1) is 8.51. The molecule has 100 valence electrons. The molecule has 0 aromatic carbocycles. The molecule has 6 heteroatoms. The Labute approximate surface area is 111 Å². The maximum atomic E-state index is 10.7. The molecule has 1 aromatic heterocycles. The normalized spacial score (nSPS) is 18.8. The highest BCUT2D eigenvalue weighted by Gasteiger charge is 2.31. The van der Waals surface area contributed by atoms with E-state index in [1.165, 1.54) is 11.8 Å². The van der Waals surface area contributed by atoms with Gasteiger partial charge in [0.2, 0.25) is 0 Å². The summed E-state index contributed by atoms with van der Waals surface area (Å²) in [4.78, 5) is 15.1. The van der Waals surface area contributed by atoms with Crippen molar-refractivity contribution in [2.75, 3.05) is 19.0 Å². The van der Waals surface area contributed by atoms with Gasteiger partial charge in [-0.1, -0.05) is 11.8 Å². The number of aliphatic carboxylic acids is 1. The van der Waals surface area contributed by atoms with Crippen molar-refractivity contribution < 1.29 is 14.6 Å². The molecule has 1 N–H and O–H groups in total. The van der Waals surface area contributed by atoms with Crippen LogP contribution >= 0.6 is 11.8 Å². The fourth-order valence-electron chi connectivity index (χ4n) is 2.14. The second-order valence-electron chi connectivity index (χ2n) is 4.83. The summed E-state index contributed by atoms with van der Waals surface area (Å²) in [5.41, 5.74) is 0.913. The van der Waals surface area contributed by atoms with E-state index in [-0.39, 0.29) is 11.3 Å². The third-order valence-electron chi connectivity index (χ3n) is 3.27. The van der Waals surface area contributed by atoms with E-state index in [0.29, 0.717) is 0 Å². The van der Waals surface area contributed by atoms with Crippen LogP contribution in [0, 0.1) is 6.92 Å². The van der Waals surface area contributed by atoms with E-state index < -0.39 is 5.97 Å². The van der Waals surface area contributed by atoms with E-state index in [1.807, 2.05) is 13.1 Å². The second kappa shape index (κ2) is 5.32. The van der Waals surface area contributed by atoms with Gasteiger partial charge >= 0.3 is 5.97 Å². The number of thioether (sulfide) groups is 1. The van der Waals surface area contributed by atoms with Gasteiger partial charge in [-0.2, -0.15) is 0 Å². The predicted molar refractivity (Wildman–Crippen MR) is 69.0 cm³/mol. The first-order valence-electron chi connectivity index (χ1n) is 6.00. The minimum absolute atomic E-state index is 0.0135. The van der Waals surface area contributed by atoms with E-state index in [4.69, 9.17) is 9.84 Å². The molecule has 0 radical (unpaired) electrons. The number of aromatic nitrogens is 2. The van der Waals surface area contributed by atoms with Crippen molar-refractivity contribution in [1.29, 1.82) is 0 Å². The minimum atomic E-state index is -0.815. The van der Waals surface area contributed by atoms with Crippen LogP contribution in [-0.2, 0) is 15.1 Å². The minimum Gasteiger partial charge on any atom is -0.481 e. The summed E-state index contributed by atoms with van der Waals surface area (Å²) < 4.78 is 7.52. The van der Waals surface area contributed by atoms with Gasteiger partial charge in [0, 0.05) is 24.9 Å². The molecule has 0 bridgehead atoms. The summed E-state index contributed by atoms with van der Waals surface area (Å²) in [5.74, 6) is -0.771. The molecule has 0 amide bonds. The Kier molecular flexibility index (Phi) is 3.97. The van der Waals surface area contributed by atoms with Gasteiger partial charge < -0.3 is 14.4 Å². The van der Waals surface area contributed by atoms with Crippen LogP contribution in [0.2, 0.25) is 0 Å². The molecule has 2 heterocycles. The van der Waals surface area contributed by atoms with E-state index in [1.54, 1.807) is 0 Å². The van der Waals surface area contributed by atoms with E-state index in [0.717, 1.165) is 36.9 Å². The Morgan fingerprint density at radius 1 is 1.61 bits per heavy atom. The van der Waals surface area contributed by atoms with Crippen LogP contribution < -0.4 is 0 Å². The van der Waals surface area contributed by atoms with Gasteiger partial charge in [-0.3, -0.25) is 4.79 Å². The standard InChI is InChI=1S/C12H18N2O3S/c1-9-7-14(11(13-9)18-8-10(15)16)12(2)3-5-17-6-4-12/h7H,3-6,8H2,1-2H3,(H,15,16). The van der Waals surface area contributed by atoms with E-state index >= 15 is 0 Å². The highest BCUT2D eigenvalue weighted by atomic mass is 32.2. The van der Waals surface area contributed by atoms with Gasteiger partial charge in [-0.05, 0) is 26.7 Å². The molecule has 0 atom stereocenters. The van der Waals surface area contributed by atoms with Crippen molar-refractivity contribution >= 4 is 17.7 Å². The highest BCUT2D eigenvalue weighted by molar-refractivity contribution is 7.99. The van der Waals surface area contributed by atoms with Crippen LogP contribution in [0.25, 0.3) is 0 Å². The second-order valence-corrected chi connectivity index (χ2v) is 5.77. The van der Waals surface area contributed by atoms with Crippen LogP contribution in [0.5, 0.6) is 0 Å². The third-order valence-corrected chi connectivity index (χ3v) is 4.21. The Bertz CT molecular complexity index is 439. The van der Waals surface area contributed by atoms with Gasteiger partial charge in [0.1, 0.15) is 0 Å². The molecule has 0 aliphatic carbocycles. The molecular weight excluding hydrogens is 252 g/mol. The van der Waals surface area contributed by atoms with Crippen LogP contribution in [-0.4, -0.2) is 39.6 Å². The first-order valence-corrected chi connectivity index (χ1v) is 6.99.